The molecule has 0 radical (unpaired) electrons. The number of nitrogens with one attached hydrogen (secondary N) is 1. The van der Waals surface area contributed by atoms with Gasteiger partial charge in [-0.25, -0.2) is 0 Å². The molecule has 5 nitrogen and oxygen atoms in total. The fourth-order valence-corrected chi connectivity index (χ4v) is 2.97. The van der Waals surface area contributed by atoms with Crippen molar-refractivity contribution in [1.29, 1.82) is 0 Å². The van der Waals surface area contributed by atoms with Crippen molar-refractivity contribution in [3.63, 3.8) is 0 Å². The maximum Gasteiger partial charge on any atom is 0.311 e. The zero-order valence-electron chi connectivity index (χ0n) is 10.8. The SMILES string of the molecule is CCC(=O)Oc1cccc2c1OC1CN2CC2NC21. The number of benzene rings is 1. The fourth-order valence-electron chi connectivity index (χ4n) is 2.97. The minimum absolute atomic E-state index is 0.160. The van der Waals surface area contributed by atoms with Gasteiger partial charge in [-0.2, -0.15) is 0 Å². The Morgan fingerprint density at radius 2 is 2.42 bits per heavy atom. The van der Waals surface area contributed by atoms with Gasteiger partial charge in [0.2, 0.25) is 0 Å². The van der Waals surface area contributed by atoms with E-state index in [-0.39, 0.29) is 12.1 Å². The molecule has 1 N–H and O–H groups in total. The third-order valence-corrected chi connectivity index (χ3v) is 4.03. The summed E-state index contributed by atoms with van der Waals surface area (Å²) in [6, 6.07) is 6.74. The molecule has 0 amide bonds. The predicted molar refractivity (Wildman–Crippen MR) is 69.7 cm³/mol. The van der Waals surface area contributed by atoms with Crippen LogP contribution in [0.1, 0.15) is 13.3 Å². The highest BCUT2D eigenvalue weighted by atomic mass is 16.6. The highest BCUT2D eigenvalue weighted by molar-refractivity contribution is 5.76. The molecule has 100 valence electrons. The molecule has 2 saturated heterocycles. The summed E-state index contributed by atoms with van der Waals surface area (Å²) >= 11 is 0. The minimum atomic E-state index is -0.231. The molecular formula is C14H16N2O3. The molecule has 1 aromatic rings. The van der Waals surface area contributed by atoms with Crippen LogP contribution in [0.25, 0.3) is 0 Å². The van der Waals surface area contributed by atoms with Gasteiger partial charge in [-0.1, -0.05) is 13.0 Å². The Balaban J connectivity index is 1.71. The molecule has 2 bridgehead atoms. The Labute approximate surface area is 111 Å². The van der Waals surface area contributed by atoms with Crippen LogP contribution in [0.5, 0.6) is 11.5 Å². The first kappa shape index (κ1) is 11.1. The number of carbonyl (C=O) groups is 1. The van der Waals surface area contributed by atoms with Crippen molar-refractivity contribution in [3.05, 3.63) is 18.2 Å². The molecule has 3 heterocycles. The molecule has 1 aromatic carbocycles. The number of anilines is 1. The van der Waals surface area contributed by atoms with Crippen LogP contribution < -0.4 is 19.7 Å². The number of esters is 1. The smallest absolute Gasteiger partial charge is 0.311 e. The standard InChI is InChI=1S/C14H16N2O3/c1-2-12(17)18-10-5-3-4-9-14(10)19-11-7-16(9)6-8-13(11)15-8/h3-5,8,11,13,15H,2,6-7H2,1H3. The van der Waals surface area contributed by atoms with Crippen LogP contribution in [0.15, 0.2) is 18.2 Å². The van der Waals surface area contributed by atoms with E-state index in [4.69, 9.17) is 9.47 Å². The van der Waals surface area contributed by atoms with Crippen molar-refractivity contribution in [2.24, 2.45) is 0 Å². The Hall–Kier alpha value is -1.75. The second-order valence-corrected chi connectivity index (χ2v) is 5.29. The van der Waals surface area contributed by atoms with Crippen molar-refractivity contribution in [1.82, 2.24) is 5.32 Å². The number of piperidine rings is 1. The number of carbonyl (C=O) groups excluding carboxylic acids is 1. The van der Waals surface area contributed by atoms with Crippen molar-refractivity contribution in [2.45, 2.75) is 31.5 Å². The highest BCUT2D eigenvalue weighted by Crippen LogP contribution is 2.45. The van der Waals surface area contributed by atoms with Crippen molar-refractivity contribution in [3.8, 4) is 11.5 Å². The molecule has 19 heavy (non-hydrogen) atoms. The van der Waals surface area contributed by atoms with E-state index >= 15 is 0 Å². The van der Waals surface area contributed by atoms with E-state index < -0.39 is 0 Å². The first-order valence-electron chi connectivity index (χ1n) is 6.77. The van der Waals surface area contributed by atoms with E-state index in [1.807, 2.05) is 12.1 Å². The number of hydrogen-bond acceptors (Lipinski definition) is 5. The fraction of sp³-hybridized carbons (Fsp3) is 0.500. The quantitative estimate of drug-likeness (QED) is 0.487. The lowest BCUT2D eigenvalue weighted by atomic mass is 10.0. The second-order valence-electron chi connectivity index (χ2n) is 5.29. The Morgan fingerprint density at radius 1 is 1.53 bits per heavy atom. The topological polar surface area (TPSA) is 60.7 Å². The summed E-state index contributed by atoms with van der Waals surface area (Å²) < 4.78 is 11.4. The van der Waals surface area contributed by atoms with Crippen LogP contribution in [0.3, 0.4) is 0 Å². The van der Waals surface area contributed by atoms with Gasteiger partial charge < -0.3 is 19.7 Å². The van der Waals surface area contributed by atoms with E-state index in [2.05, 4.69) is 10.2 Å². The van der Waals surface area contributed by atoms with Crippen LogP contribution in [-0.4, -0.2) is 37.2 Å². The maximum absolute atomic E-state index is 11.5. The third kappa shape index (κ3) is 1.69. The van der Waals surface area contributed by atoms with Gasteiger partial charge in [0.15, 0.2) is 11.5 Å². The number of rotatable bonds is 2. The molecule has 0 saturated carbocycles. The number of fused-ring (bicyclic) bond motifs is 6. The second kappa shape index (κ2) is 3.87. The van der Waals surface area contributed by atoms with Crippen molar-refractivity contribution in [2.75, 3.05) is 18.0 Å². The zero-order chi connectivity index (χ0) is 13.0. The summed E-state index contributed by atoms with van der Waals surface area (Å²) in [6.07, 6.45) is 0.524. The van der Waals surface area contributed by atoms with E-state index in [1.165, 1.54) is 0 Å². The molecule has 3 atom stereocenters. The summed E-state index contributed by atoms with van der Waals surface area (Å²) in [5.41, 5.74) is 1.03. The van der Waals surface area contributed by atoms with Crippen LogP contribution >= 0.6 is 0 Å². The Bertz CT molecular complexity index is 545. The lowest BCUT2D eigenvalue weighted by Gasteiger charge is -2.39. The van der Waals surface area contributed by atoms with Gasteiger partial charge in [-0.05, 0) is 12.1 Å². The summed E-state index contributed by atoms with van der Waals surface area (Å²) in [5, 5.41) is 3.43. The van der Waals surface area contributed by atoms with Crippen LogP contribution in [0.4, 0.5) is 5.69 Å². The van der Waals surface area contributed by atoms with Crippen molar-refractivity contribution < 1.29 is 14.3 Å². The Kier molecular flexibility index (Phi) is 2.26. The summed E-state index contributed by atoms with van der Waals surface area (Å²) in [6.45, 7) is 3.70. The average Bonchev–Trinajstić information content (AvgIpc) is 3.19. The average molecular weight is 260 g/mol. The van der Waals surface area contributed by atoms with Crippen LogP contribution in [0, 0.1) is 0 Å². The maximum atomic E-state index is 11.5. The molecule has 3 aliphatic heterocycles. The summed E-state index contributed by atoms with van der Waals surface area (Å²) in [4.78, 5) is 13.8. The van der Waals surface area contributed by atoms with Crippen molar-refractivity contribution >= 4 is 11.7 Å². The van der Waals surface area contributed by atoms with E-state index in [0.717, 1.165) is 18.8 Å². The predicted octanol–water partition coefficient (Wildman–Crippen LogP) is 0.923. The molecule has 3 unspecified atom stereocenters. The zero-order valence-corrected chi connectivity index (χ0v) is 10.8. The van der Waals surface area contributed by atoms with Gasteiger partial charge in [0.1, 0.15) is 6.10 Å². The normalized spacial score (nSPS) is 29.9. The molecule has 0 aliphatic carbocycles. The van der Waals surface area contributed by atoms with E-state index in [9.17, 15) is 4.79 Å². The first-order valence-corrected chi connectivity index (χ1v) is 6.77. The van der Waals surface area contributed by atoms with E-state index in [0.29, 0.717) is 30.0 Å². The molecule has 3 aliphatic rings. The van der Waals surface area contributed by atoms with Gasteiger partial charge in [-0.15, -0.1) is 0 Å². The summed E-state index contributed by atoms with van der Waals surface area (Å²) in [5.74, 6) is 1.02. The number of ether oxygens (including phenoxy) is 2. The molecular weight excluding hydrogens is 244 g/mol. The number of hydrogen-bond donors (Lipinski definition) is 1. The lowest BCUT2D eigenvalue weighted by molar-refractivity contribution is -0.134. The monoisotopic (exact) mass is 260 g/mol. The number of para-hydroxylation sites is 1. The van der Waals surface area contributed by atoms with Gasteiger partial charge in [0.05, 0.1) is 18.3 Å². The minimum Gasteiger partial charge on any atom is -0.481 e. The first-order chi connectivity index (χ1) is 9.26. The molecule has 5 heteroatoms. The van der Waals surface area contributed by atoms with Crippen LogP contribution in [0.2, 0.25) is 0 Å². The lowest BCUT2D eigenvalue weighted by Crippen LogP contribution is -2.49. The third-order valence-electron chi connectivity index (χ3n) is 4.03. The van der Waals surface area contributed by atoms with Gasteiger partial charge in [-0.3, -0.25) is 4.79 Å². The molecule has 0 spiro atoms. The van der Waals surface area contributed by atoms with Gasteiger partial charge in [0.25, 0.3) is 0 Å². The van der Waals surface area contributed by atoms with Gasteiger partial charge in [0, 0.05) is 19.0 Å². The summed E-state index contributed by atoms with van der Waals surface area (Å²) in [7, 11) is 0. The Morgan fingerprint density at radius 3 is 3.26 bits per heavy atom. The highest BCUT2D eigenvalue weighted by Gasteiger charge is 2.51. The van der Waals surface area contributed by atoms with Gasteiger partial charge >= 0.3 is 5.97 Å². The molecule has 0 aromatic heterocycles. The molecule has 4 rings (SSSR count). The molecule has 2 fully saturated rings. The van der Waals surface area contributed by atoms with E-state index in [1.54, 1.807) is 13.0 Å². The largest absolute Gasteiger partial charge is 0.481 e. The van der Waals surface area contributed by atoms with Crippen LogP contribution in [-0.2, 0) is 4.79 Å². The number of nitrogens with zero attached hydrogens (tertiary/aromatic N) is 1.